The fraction of sp³-hybridized carbons (Fsp3) is 0.560. The number of anilines is 1. The third-order valence-corrected chi connectivity index (χ3v) is 8.25. The lowest BCUT2D eigenvalue weighted by Gasteiger charge is -2.39. The van der Waals surface area contributed by atoms with Crippen LogP contribution in [0.3, 0.4) is 0 Å². The Balaban J connectivity index is 1.31. The third-order valence-electron chi connectivity index (χ3n) is 7.93. The standard InChI is InChI=1S/C25H31ClF3N5/c1-16-4-5-19(26)22-23(16)34(18(3)24(22)7-9-30-10-8-24)11-6-17(2)32-12-13-33-14-20(25(27,28)29)31-21(33)15-32/h4-5,21,30H,2-3,6-15H2,1H3. The van der Waals surface area contributed by atoms with E-state index in [4.69, 9.17) is 11.6 Å². The molecular weight excluding hydrogens is 463 g/mol. The van der Waals surface area contributed by atoms with Crippen LogP contribution in [0.15, 0.2) is 41.7 Å². The maximum atomic E-state index is 13.1. The van der Waals surface area contributed by atoms with E-state index in [0.717, 1.165) is 48.0 Å². The number of benzene rings is 1. The van der Waals surface area contributed by atoms with Crippen molar-refractivity contribution in [3.63, 3.8) is 0 Å². The van der Waals surface area contributed by atoms with Crippen LogP contribution >= 0.6 is 11.6 Å². The van der Waals surface area contributed by atoms with Crippen LogP contribution in [-0.2, 0) is 5.41 Å². The van der Waals surface area contributed by atoms with Crippen molar-refractivity contribution in [3.8, 4) is 0 Å². The Morgan fingerprint density at radius 1 is 1.26 bits per heavy atom. The van der Waals surface area contributed by atoms with Crippen molar-refractivity contribution < 1.29 is 13.2 Å². The Morgan fingerprint density at radius 3 is 2.71 bits per heavy atom. The van der Waals surface area contributed by atoms with Gasteiger partial charge < -0.3 is 15.1 Å². The zero-order chi connectivity index (χ0) is 24.3. The number of fused-ring (bicyclic) bond motifs is 3. The molecule has 2 saturated heterocycles. The second kappa shape index (κ2) is 8.57. The van der Waals surface area contributed by atoms with Crippen LogP contribution in [0.2, 0.25) is 5.02 Å². The molecule has 0 saturated carbocycles. The fourth-order valence-electron chi connectivity index (χ4n) is 6.02. The smallest absolute Gasteiger partial charge is 0.370 e. The van der Waals surface area contributed by atoms with Crippen molar-refractivity contribution in [1.29, 1.82) is 0 Å². The molecule has 0 amide bonds. The van der Waals surface area contributed by atoms with E-state index in [1.807, 2.05) is 6.07 Å². The van der Waals surface area contributed by atoms with Crippen LogP contribution in [0, 0.1) is 6.92 Å². The molecule has 5 rings (SSSR count). The number of piperidine rings is 1. The Labute approximate surface area is 203 Å². The van der Waals surface area contributed by atoms with Gasteiger partial charge in [-0.05, 0) is 44.5 Å². The van der Waals surface area contributed by atoms with Crippen LogP contribution in [0.5, 0.6) is 0 Å². The van der Waals surface area contributed by atoms with Gasteiger partial charge in [0.2, 0.25) is 0 Å². The van der Waals surface area contributed by atoms with E-state index in [9.17, 15) is 13.2 Å². The summed E-state index contributed by atoms with van der Waals surface area (Å²) < 4.78 is 39.3. The maximum absolute atomic E-state index is 13.1. The number of nitrogens with one attached hydrogen (secondary N) is 1. The summed E-state index contributed by atoms with van der Waals surface area (Å²) in [7, 11) is 0. The zero-order valence-corrected chi connectivity index (χ0v) is 20.3. The van der Waals surface area contributed by atoms with E-state index in [-0.39, 0.29) is 12.0 Å². The quantitative estimate of drug-likeness (QED) is 0.671. The molecule has 4 aliphatic heterocycles. The SMILES string of the molecule is C=C(CCN1C(=C)C2(CCNCC2)c2c(Cl)ccc(C)c21)N1CCN2CC(C(F)(F)F)=NC2C1. The highest BCUT2D eigenvalue weighted by Gasteiger charge is 2.49. The summed E-state index contributed by atoms with van der Waals surface area (Å²) >= 11 is 6.76. The van der Waals surface area contributed by atoms with Gasteiger partial charge in [-0.1, -0.05) is 30.8 Å². The molecule has 0 aromatic heterocycles. The summed E-state index contributed by atoms with van der Waals surface area (Å²) in [4.78, 5) is 10.2. The Hall–Kier alpha value is -2.03. The molecule has 2 fully saturated rings. The summed E-state index contributed by atoms with van der Waals surface area (Å²) in [5.41, 5.74) is 4.73. The highest BCUT2D eigenvalue weighted by Crippen LogP contribution is 2.55. The highest BCUT2D eigenvalue weighted by molar-refractivity contribution is 6.32. The van der Waals surface area contributed by atoms with E-state index < -0.39 is 18.1 Å². The number of alkyl halides is 3. The summed E-state index contributed by atoms with van der Waals surface area (Å²) in [6.07, 6.45) is -2.19. The van der Waals surface area contributed by atoms with Gasteiger partial charge in [0.25, 0.3) is 0 Å². The van der Waals surface area contributed by atoms with Gasteiger partial charge in [0.15, 0.2) is 0 Å². The number of rotatable bonds is 4. The van der Waals surface area contributed by atoms with Crippen LogP contribution in [-0.4, -0.2) is 73.7 Å². The van der Waals surface area contributed by atoms with Gasteiger partial charge >= 0.3 is 6.18 Å². The number of allylic oxidation sites excluding steroid dienone is 1. The van der Waals surface area contributed by atoms with Gasteiger partial charge in [-0.15, -0.1) is 0 Å². The molecule has 1 unspecified atom stereocenters. The number of hydrogen-bond acceptors (Lipinski definition) is 5. The largest absolute Gasteiger partial charge is 0.430 e. The highest BCUT2D eigenvalue weighted by atomic mass is 35.5. The molecule has 9 heteroatoms. The summed E-state index contributed by atoms with van der Waals surface area (Å²) in [5, 5.41) is 4.24. The molecule has 4 heterocycles. The monoisotopic (exact) mass is 493 g/mol. The third kappa shape index (κ3) is 3.84. The van der Waals surface area contributed by atoms with Gasteiger partial charge in [-0.2, -0.15) is 13.2 Å². The molecule has 1 aromatic carbocycles. The normalized spacial score (nSPS) is 24.4. The predicted molar refractivity (Wildman–Crippen MR) is 131 cm³/mol. The van der Waals surface area contributed by atoms with Crippen molar-refractivity contribution >= 4 is 23.0 Å². The molecule has 34 heavy (non-hydrogen) atoms. The molecule has 0 radical (unpaired) electrons. The van der Waals surface area contributed by atoms with Gasteiger partial charge in [-0.3, -0.25) is 9.89 Å². The number of aliphatic imine (C=N–C) groups is 1. The molecule has 1 N–H and O–H groups in total. The Morgan fingerprint density at radius 2 is 2.00 bits per heavy atom. The number of nitrogens with zero attached hydrogens (tertiary/aromatic N) is 4. The van der Waals surface area contributed by atoms with Crippen LogP contribution in [0.25, 0.3) is 0 Å². The molecular formula is C25H31ClF3N5. The number of aryl methyl sites for hydroxylation is 1. The molecule has 1 aromatic rings. The van der Waals surface area contributed by atoms with Crippen LogP contribution in [0.1, 0.15) is 30.4 Å². The van der Waals surface area contributed by atoms with Crippen molar-refractivity contribution in [2.45, 2.75) is 43.9 Å². The summed E-state index contributed by atoms with van der Waals surface area (Å²) in [6, 6.07) is 4.05. The second-order valence-corrected chi connectivity index (χ2v) is 10.2. The Bertz CT molecular complexity index is 1040. The Kier molecular flexibility index (Phi) is 5.97. The van der Waals surface area contributed by atoms with Crippen molar-refractivity contribution in [2.75, 3.05) is 50.7 Å². The minimum atomic E-state index is -4.35. The molecule has 0 aliphatic carbocycles. The first-order valence-corrected chi connectivity index (χ1v) is 12.3. The van der Waals surface area contributed by atoms with Gasteiger partial charge in [0, 0.05) is 65.7 Å². The van der Waals surface area contributed by atoms with E-state index in [0.29, 0.717) is 32.6 Å². The molecule has 4 aliphatic rings. The first-order valence-electron chi connectivity index (χ1n) is 11.9. The lowest BCUT2D eigenvalue weighted by molar-refractivity contribution is -0.0600. The van der Waals surface area contributed by atoms with E-state index in [1.165, 1.54) is 11.1 Å². The molecule has 1 atom stereocenters. The minimum absolute atomic E-state index is 0.115. The van der Waals surface area contributed by atoms with Gasteiger partial charge in [-0.25, -0.2) is 0 Å². The summed E-state index contributed by atoms with van der Waals surface area (Å²) in [5.74, 6) is 0. The van der Waals surface area contributed by atoms with E-state index in [1.54, 1.807) is 4.90 Å². The average Bonchev–Trinajstić information content (AvgIpc) is 3.34. The molecule has 1 spiro atoms. The topological polar surface area (TPSA) is 34.1 Å². The number of piperazine rings is 1. The van der Waals surface area contributed by atoms with E-state index in [2.05, 4.69) is 46.3 Å². The van der Waals surface area contributed by atoms with Gasteiger partial charge in [0.05, 0.1) is 6.54 Å². The van der Waals surface area contributed by atoms with Crippen molar-refractivity contribution in [1.82, 2.24) is 15.1 Å². The maximum Gasteiger partial charge on any atom is 0.430 e. The van der Waals surface area contributed by atoms with E-state index >= 15 is 0 Å². The lowest BCUT2D eigenvalue weighted by atomic mass is 9.72. The molecule has 184 valence electrons. The number of halogens is 4. The molecule has 0 bridgehead atoms. The second-order valence-electron chi connectivity index (χ2n) is 9.81. The van der Waals surface area contributed by atoms with Crippen LogP contribution in [0.4, 0.5) is 18.9 Å². The fourth-order valence-corrected chi connectivity index (χ4v) is 6.35. The summed E-state index contributed by atoms with van der Waals surface area (Å²) in [6.45, 7) is 15.0. The zero-order valence-electron chi connectivity index (χ0n) is 19.5. The first-order chi connectivity index (χ1) is 16.1. The predicted octanol–water partition coefficient (Wildman–Crippen LogP) is 4.47. The minimum Gasteiger partial charge on any atom is -0.370 e. The first kappa shape index (κ1) is 23.7. The van der Waals surface area contributed by atoms with Crippen molar-refractivity contribution in [3.05, 3.63) is 52.8 Å². The average molecular weight is 494 g/mol. The number of hydrogen-bond donors (Lipinski definition) is 1. The van der Waals surface area contributed by atoms with Crippen molar-refractivity contribution in [2.24, 2.45) is 4.99 Å². The van der Waals surface area contributed by atoms with Gasteiger partial charge in [0.1, 0.15) is 11.9 Å². The lowest BCUT2D eigenvalue weighted by Crippen LogP contribution is -2.50. The molecule has 5 nitrogen and oxygen atoms in total. The van der Waals surface area contributed by atoms with Crippen LogP contribution < -0.4 is 10.2 Å².